The molecule has 0 spiro atoms. The van der Waals surface area contributed by atoms with E-state index < -0.39 is 5.25 Å². The van der Waals surface area contributed by atoms with Crippen LogP contribution < -0.4 is 5.73 Å². The lowest BCUT2D eigenvalue weighted by Gasteiger charge is -2.14. The van der Waals surface area contributed by atoms with E-state index in [1.165, 1.54) is 12.6 Å². The fourth-order valence-electron chi connectivity index (χ4n) is 0.776. The van der Waals surface area contributed by atoms with Crippen molar-refractivity contribution in [2.45, 2.75) is 5.25 Å². The third kappa shape index (κ3) is 1.08. The molecule has 0 radical (unpaired) electrons. The Morgan fingerprint density at radius 1 is 1.55 bits per heavy atom. The molecule has 0 saturated heterocycles. The number of hydrogen-bond acceptors (Lipinski definition) is 5. The smallest absolute Gasteiger partial charge is 0.274 e. The Labute approximate surface area is 67.4 Å². The highest BCUT2D eigenvalue weighted by Crippen LogP contribution is 2.15. The van der Waals surface area contributed by atoms with Crippen molar-refractivity contribution in [2.24, 2.45) is 25.7 Å². The second-order valence-corrected chi connectivity index (χ2v) is 2.65. The van der Waals surface area contributed by atoms with Gasteiger partial charge in [-0.2, -0.15) is 0 Å². The lowest BCUT2D eigenvalue weighted by molar-refractivity contribution is 0.673. The average Bonchev–Trinajstić information content (AvgIpc) is 2.31. The Bertz CT molecular complexity index is 311. The molecule has 0 aromatic carbocycles. The molecular weight excluding hydrogens is 166 g/mol. The van der Waals surface area contributed by atoms with Gasteiger partial charge in [-0.15, -0.1) is 0 Å². The summed E-state index contributed by atoms with van der Waals surface area (Å²) in [7, 11) is 0. The Hall–Kier alpha value is -1.07. The largest absolute Gasteiger partial charge is 0.284 e. The second kappa shape index (κ2) is 1.96. The van der Waals surface area contributed by atoms with Gasteiger partial charge in [0, 0.05) is 0 Å². The van der Waals surface area contributed by atoms with E-state index in [0.29, 0.717) is 11.5 Å². The van der Waals surface area contributed by atoms with E-state index in [-0.39, 0.29) is 0 Å². The fourth-order valence-corrected chi connectivity index (χ4v) is 0.905. The summed E-state index contributed by atoms with van der Waals surface area (Å²) in [6.07, 6.45) is 2.85. The monoisotopic (exact) mass is 169 g/mol. The maximum Gasteiger partial charge on any atom is 0.284 e. The van der Waals surface area contributed by atoms with Crippen LogP contribution in [-0.2, 0) is 0 Å². The van der Waals surface area contributed by atoms with Gasteiger partial charge < -0.3 is 0 Å². The zero-order chi connectivity index (χ0) is 7.90. The number of aliphatic imine (C=N–C) groups is 4. The zero-order valence-corrected chi connectivity index (χ0v) is 6.15. The SMILES string of the molecule is NC1(Cl)N=CC2=NC=NC2=N1. The molecule has 2 aliphatic rings. The first-order chi connectivity index (χ1) is 5.17. The van der Waals surface area contributed by atoms with Crippen LogP contribution in [0.1, 0.15) is 0 Å². The lowest BCUT2D eigenvalue weighted by atomic mass is 10.3. The number of nitrogens with zero attached hydrogens (tertiary/aromatic N) is 4. The Kier molecular flexibility index (Phi) is 1.18. The van der Waals surface area contributed by atoms with Gasteiger partial charge in [0.15, 0.2) is 5.84 Å². The van der Waals surface area contributed by atoms with Crippen LogP contribution in [0, 0.1) is 0 Å². The van der Waals surface area contributed by atoms with Gasteiger partial charge in [0.2, 0.25) is 0 Å². The molecule has 5 nitrogen and oxygen atoms in total. The summed E-state index contributed by atoms with van der Waals surface area (Å²) in [6.45, 7) is 0. The van der Waals surface area contributed by atoms with Crippen LogP contribution in [0.3, 0.4) is 0 Å². The number of amidine groups is 1. The topological polar surface area (TPSA) is 75.5 Å². The summed E-state index contributed by atoms with van der Waals surface area (Å²) in [4.78, 5) is 15.2. The van der Waals surface area contributed by atoms with E-state index in [1.807, 2.05) is 0 Å². The molecule has 0 bridgehead atoms. The maximum absolute atomic E-state index is 5.60. The summed E-state index contributed by atoms with van der Waals surface area (Å²) in [5.41, 5.74) is 5.99. The van der Waals surface area contributed by atoms with Crippen molar-refractivity contribution in [1.82, 2.24) is 0 Å². The van der Waals surface area contributed by atoms with Crippen LogP contribution in [-0.4, -0.2) is 29.3 Å². The van der Waals surface area contributed by atoms with Crippen LogP contribution in [0.4, 0.5) is 0 Å². The van der Waals surface area contributed by atoms with Gasteiger partial charge in [-0.3, -0.25) is 5.73 Å². The highest BCUT2D eigenvalue weighted by Gasteiger charge is 2.26. The van der Waals surface area contributed by atoms with Gasteiger partial charge in [0.25, 0.3) is 5.25 Å². The van der Waals surface area contributed by atoms with Gasteiger partial charge in [-0.05, 0) is 0 Å². The third-order valence-corrected chi connectivity index (χ3v) is 1.42. The van der Waals surface area contributed by atoms with E-state index in [1.54, 1.807) is 0 Å². The first kappa shape index (κ1) is 6.63. The summed E-state index contributed by atoms with van der Waals surface area (Å²) < 4.78 is 0. The molecule has 0 amide bonds. The summed E-state index contributed by atoms with van der Waals surface area (Å²) in [6, 6.07) is 0. The van der Waals surface area contributed by atoms with Crippen LogP contribution in [0.5, 0.6) is 0 Å². The molecule has 11 heavy (non-hydrogen) atoms. The molecule has 0 aromatic heterocycles. The highest BCUT2D eigenvalue weighted by molar-refractivity contribution is 6.66. The minimum absolute atomic E-state index is 0.442. The third-order valence-electron chi connectivity index (χ3n) is 1.24. The molecule has 6 heteroatoms. The number of alkyl halides is 1. The molecule has 2 rings (SSSR count). The minimum atomic E-state index is -1.39. The van der Waals surface area contributed by atoms with Crippen LogP contribution in [0.15, 0.2) is 20.0 Å². The van der Waals surface area contributed by atoms with Crippen molar-refractivity contribution >= 4 is 35.7 Å². The number of fused-ring (bicyclic) bond motifs is 1. The van der Waals surface area contributed by atoms with Crippen molar-refractivity contribution in [1.29, 1.82) is 0 Å². The molecule has 56 valence electrons. The van der Waals surface area contributed by atoms with Gasteiger partial charge in [-0.1, -0.05) is 11.6 Å². The predicted molar refractivity (Wildman–Crippen MR) is 44.6 cm³/mol. The van der Waals surface area contributed by atoms with Crippen molar-refractivity contribution in [2.75, 3.05) is 0 Å². The van der Waals surface area contributed by atoms with Crippen molar-refractivity contribution in [3.63, 3.8) is 0 Å². The quantitative estimate of drug-likeness (QED) is 0.394. The normalized spacial score (nSPS) is 33.3. The highest BCUT2D eigenvalue weighted by atomic mass is 35.5. The molecule has 0 fully saturated rings. The summed E-state index contributed by atoms with van der Waals surface area (Å²) >= 11 is 5.60. The molecule has 0 aliphatic carbocycles. The fraction of sp³-hybridized carbons (Fsp3) is 0.200. The standard InChI is InChI=1S/C5H4ClN5/c6-5(7)10-1-3-4(11-5)9-2-8-3/h1-2H,7H2. The van der Waals surface area contributed by atoms with Crippen LogP contribution in [0.2, 0.25) is 0 Å². The summed E-state index contributed by atoms with van der Waals surface area (Å²) in [5.74, 6) is 0.442. The molecular formula is C5H4ClN5. The molecule has 0 saturated carbocycles. The van der Waals surface area contributed by atoms with Crippen molar-refractivity contribution in [3.8, 4) is 0 Å². The van der Waals surface area contributed by atoms with E-state index >= 15 is 0 Å². The molecule has 1 unspecified atom stereocenters. The molecule has 2 N–H and O–H groups in total. The van der Waals surface area contributed by atoms with E-state index in [2.05, 4.69) is 20.0 Å². The van der Waals surface area contributed by atoms with Gasteiger partial charge in [-0.25, -0.2) is 20.0 Å². The lowest BCUT2D eigenvalue weighted by Crippen LogP contribution is -2.35. The molecule has 2 heterocycles. The Morgan fingerprint density at radius 3 is 3.18 bits per heavy atom. The number of halogens is 1. The van der Waals surface area contributed by atoms with E-state index in [4.69, 9.17) is 17.3 Å². The first-order valence-corrected chi connectivity index (χ1v) is 3.29. The van der Waals surface area contributed by atoms with Crippen molar-refractivity contribution in [3.05, 3.63) is 0 Å². The van der Waals surface area contributed by atoms with Gasteiger partial charge in [0.05, 0.1) is 6.21 Å². The van der Waals surface area contributed by atoms with Crippen molar-refractivity contribution < 1.29 is 0 Å². The van der Waals surface area contributed by atoms with Gasteiger partial charge in [0.1, 0.15) is 12.1 Å². The van der Waals surface area contributed by atoms with Gasteiger partial charge >= 0.3 is 0 Å². The second-order valence-electron chi connectivity index (χ2n) is 2.09. The number of rotatable bonds is 0. The molecule has 2 aliphatic heterocycles. The number of nitrogens with two attached hydrogens (primary N) is 1. The van der Waals surface area contributed by atoms with Crippen LogP contribution in [0.25, 0.3) is 0 Å². The van der Waals surface area contributed by atoms with Crippen LogP contribution >= 0.6 is 11.6 Å². The molecule has 1 atom stereocenters. The Balaban J connectivity index is 2.45. The first-order valence-electron chi connectivity index (χ1n) is 2.91. The van der Waals surface area contributed by atoms with E-state index in [0.717, 1.165) is 0 Å². The Morgan fingerprint density at radius 2 is 2.36 bits per heavy atom. The summed E-state index contributed by atoms with van der Waals surface area (Å²) in [5, 5.41) is -1.39. The number of hydrogen-bond donors (Lipinski definition) is 1. The average molecular weight is 170 g/mol. The minimum Gasteiger partial charge on any atom is -0.274 e. The zero-order valence-electron chi connectivity index (χ0n) is 5.40. The maximum atomic E-state index is 5.60. The van der Waals surface area contributed by atoms with E-state index in [9.17, 15) is 0 Å². The molecule has 0 aromatic rings. The predicted octanol–water partition coefficient (Wildman–Crippen LogP) is -0.239.